The van der Waals surface area contributed by atoms with Crippen molar-refractivity contribution in [2.45, 2.75) is 23.2 Å². The summed E-state index contributed by atoms with van der Waals surface area (Å²) in [4.78, 5) is 25.7. The summed E-state index contributed by atoms with van der Waals surface area (Å²) in [6.45, 7) is 0.859. The molecule has 11 heteroatoms. The smallest absolute Gasteiger partial charge is 0.250 e. The Morgan fingerprint density at radius 2 is 2.10 bits per heavy atom. The lowest BCUT2D eigenvalue weighted by Crippen LogP contribution is -2.41. The molecule has 5 rings (SSSR count). The van der Waals surface area contributed by atoms with E-state index in [-0.39, 0.29) is 15.3 Å². The summed E-state index contributed by atoms with van der Waals surface area (Å²) in [5, 5.41) is 1.98. The van der Waals surface area contributed by atoms with Gasteiger partial charge in [-0.1, -0.05) is 11.6 Å². The minimum Gasteiger partial charge on any atom is -0.356 e. The van der Waals surface area contributed by atoms with E-state index < -0.39 is 16.1 Å². The first-order chi connectivity index (χ1) is 14.4. The summed E-state index contributed by atoms with van der Waals surface area (Å²) in [6.07, 6.45) is 5.38. The van der Waals surface area contributed by atoms with Crippen LogP contribution in [-0.2, 0) is 21.4 Å². The number of carbonyl (C=O) groups excluding carboxylic acids is 1. The minimum atomic E-state index is -3.85. The van der Waals surface area contributed by atoms with Gasteiger partial charge >= 0.3 is 0 Å². The number of rotatable bonds is 5. The average molecular weight is 462 g/mol. The first-order valence-electron chi connectivity index (χ1n) is 9.17. The van der Waals surface area contributed by atoms with Crippen LogP contribution in [0.3, 0.4) is 0 Å². The summed E-state index contributed by atoms with van der Waals surface area (Å²) in [7, 11) is -3.85. The number of hydrogen-bond acceptors (Lipinski definition) is 6. The quantitative estimate of drug-likeness (QED) is 0.444. The number of nitrogens with zero attached hydrogens (tertiary/aromatic N) is 3. The monoisotopic (exact) mass is 461 g/mol. The molecule has 0 aliphatic carbocycles. The molecule has 0 spiro atoms. The van der Waals surface area contributed by atoms with Gasteiger partial charge in [-0.25, -0.2) is 13.4 Å². The molecule has 0 radical (unpaired) electrons. The zero-order valence-corrected chi connectivity index (χ0v) is 17.9. The Hall–Kier alpha value is -2.53. The lowest BCUT2D eigenvalue weighted by atomic mass is 10.3. The summed E-state index contributed by atoms with van der Waals surface area (Å²) in [5.41, 5.74) is 1.77. The van der Waals surface area contributed by atoms with E-state index in [1.807, 2.05) is 12.1 Å². The molecule has 8 nitrogen and oxygen atoms in total. The standard InChI is InChI=1S/C19H16ClN5O3S2/c20-18-17-12(2-5-22-18)8-16(29-17)30(27,28)24-14-3-6-25(19(14)26)10-13-7-11-1-4-21-9-15(11)23-13/h1-2,4-5,7-9,14,23-24H,3,6,10H2/t14-/m0/s1. The molecular formula is C19H16ClN5O3S2. The summed E-state index contributed by atoms with van der Waals surface area (Å²) >= 11 is 7.10. The van der Waals surface area contributed by atoms with Crippen molar-refractivity contribution in [2.24, 2.45) is 0 Å². The van der Waals surface area contributed by atoms with Crippen LogP contribution in [0.25, 0.3) is 21.0 Å². The van der Waals surface area contributed by atoms with Crippen molar-refractivity contribution in [2.75, 3.05) is 6.54 Å². The topological polar surface area (TPSA) is 108 Å². The number of hydrogen-bond donors (Lipinski definition) is 2. The van der Waals surface area contributed by atoms with Crippen LogP contribution in [0.5, 0.6) is 0 Å². The number of fused-ring (bicyclic) bond motifs is 2. The first kappa shape index (κ1) is 19.4. The van der Waals surface area contributed by atoms with Crippen LogP contribution in [0, 0.1) is 0 Å². The third kappa shape index (κ3) is 3.45. The molecule has 30 heavy (non-hydrogen) atoms. The molecule has 5 heterocycles. The Balaban J connectivity index is 1.32. The van der Waals surface area contributed by atoms with Crippen molar-refractivity contribution in [1.82, 2.24) is 24.6 Å². The van der Waals surface area contributed by atoms with Crippen LogP contribution < -0.4 is 4.72 Å². The van der Waals surface area contributed by atoms with Crippen molar-refractivity contribution < 1.29 is 13.2 Å². The lowest BCUT2D eigenvalue weighted by Gasteiger charge is -2.16. The first-order valence-corrected chi connectivity index (χ1v) is 11.9. The number of sulfonamides is 1. The molecule has 1 amide bonds. The van der Waals surface area contributed by atoms with E-state index in [0.29, 0.717) is 29.6 Å². The van der Waals surface area contributed by atoms with Crippen LogP contribution >= 0.6 is 22.9 Å². The van der Waals surface area contributed by atoms with Gasteiger partial charge in [0.15, 0.2) is 0 Å². The Labute approximate surface area is 180 Å². The number of aromatic nitrogens is 3. The second kappa shape index (κ2) is 7.31. The van der Waals surface area contributed by atoms with Gasteiger partial charge < -0.3 is 9.88 Å². The fraction of sp³-hybridized carbons (Fsp3) is 0.211. The predicted molar refractivity (Wildman–Crippen MR) is 115 cm³/mol. The Bertz CT molecular complexity index is 1350. The van der Waals surface area contributed by atoms with E-state index >= 15 is 0 Å². The highest BCUT2D eigenvalue weighted by molar-refractivity contribution is 7.91. The number of halogens is 1. The molecule has 1 fully saturated rings. The molecule has 2 N–H and O–H groups in total. The van der Waals surface area contributed by atoms with Gasteiger partial charge in [-0.2, -0.15) is 4.72 Å². The number of thiophene rings is 1. The van der Waals surface area contributed by atoms with Crippen molar-refractivity contribution in [3.8, 4) is 0 Å². The molecule has 0 aromatic carbocycles. The second-order valence-electron chi connectivity index (χ2n) is 7.07. The Morgan fingerprint density at radius 1 is 1.27 bits per heavy atom. The average Bonchev–Trinajstić information content (AvgIpc) is 3.41. The molecule has 0 saturated carbocycles. The van der Waals surface area contributed by atoms with Crippen LogP contribution in [0.15, 0.2) is 47.1 Å². The van der Waals surface area contributed by atoms with E-state index in [9.17, 15) is 13.2 Å². The van der Waals surface area contributed by atoms with Gasteiger partial charge in [0.25, 0.3) is 10.0 Å². The number of likely N-dealkylation sites (tertiary alicyclic amines) is 1. The molecule has 4 aromatic rings. The summed E-state index contributed by atoms with van der Waals surface area (Å²) in [5.74, 6) is -0.240. The number of pyridine rings is 2. The fourth-order valence-electron chi connectivity index (χ4n) is 3.61. The van der Waals surface area contributed by atoms with E-state index in [0.717, 1.165) is 27.9 Å². The molecule has 0 unspecified atom stereocenters. The van der Waals surface area contributed by atoms with E-state index in [2.05, 4.69) is 19.7 Å². The highest BCUT2D eigenvalue weighted by Gasteiger charge is 2.35. The van der Waals surface area contributed by atoms with Gasteiger partial charge in [-0.05, 0) is 36.1 Å². The number of aromatic amines is 1. The Kier molecular flexibility index (Phi) is 4.73. The normalized spacial score (nSPS) is 17.4. The van der Waals surface area contributed by atoms with E-state index in [1.165, 1.54) is 6.20 Å². The van der Waals surface area contributed by atoms with Crippen LogP contribution in [0.1, 0.15) is 12.1 Å². The van der Waals surface area contributed by atoms with Crippen molar-refractivity contribution in [1.29, 1.82) is 0 Å². The maximum absolute atomic E-state index is 12.8. The SMILES string of the molecule is O=C1[C@@H](NS(=O)(=O)c2cc3ccnc(Cl)c3s2)CCN1Cc1cc2ccncc2[nH]1. The molecular weight excluding hydrogens is 446 g/mol. The van der Waals surface area contributed by atoms with Crippen molar-refractivity contribution in [3.63, 3.8) is 0 Å². The zero-order chi connectivity index (χ0) is 20.9. The third-order valence-corrected chi connectivity index (χ3v) is 8.57. The summed E-state index contributed by atoms with van der Waals surface area (Å²) < 4.78 is 29.0. The number of nitrogens with one attached hydrogen (secondary N) is 2. The van der Waals surface area contributed by atoms with Gasteiger partial charge in [0.1, 0.15) is 15.4 Å². The molecule has 1 aliphatic heterocycles. The number of carbonyl (C=O) groups is 1. The van der Waals surface area contributed by atoms with Crippen molar-refractivity contribution in [3.05, 3.63) is 53.7 Å². The highest BCUT2D eigenvalue weighted by Crippen LogP contribution is 2.33. The van der Waals surface area contributed by atoms with Crippen molar-refractivity contribution >= 4 is 59.9 Å². The molecule has 1 aliphatic rings. The lowest BCUT2D eigenvalue weighted by molar-refractivity contribution is -0.129. The second-order valence-corrected chi connectivity index (χ2v) is 10.4. The van der Waals surface area contributed by atoms with Gasteiger partial charge in [-0.3, -0.25) is 9.78 Å². The number of H-pyrrole nitrogens is 1. The van der Waals surface area contributed by atoms with Crippen LogP contribution in [0.2, 0.25) is 5.15 Å². The predicted octanol–water partition coefficient (Wildman–Crippen LogP) is 2.91. The molecule has 0 bridgehead atoms. The fourth-order valence-corrected chi connectivity index (χ4v) is 6.49. The third-order valence-electron chi connectivity index (χ3n) is 5.07. The molecule has 4 aromatic heterocycles. The van der Waals surface area contributed by atoms with Crippen LogP contribution in [-0.4, -0.2) is 46.8 Å². The highest BCUT2D eigenvalue weighted by atomic mass is 35.5. The van der Waals surface area contributed by atoms with E-state index in [4.69, 9.17) is 11.6 Å². The van der Waals surface area contributed by atoms with Crippen LogP contribution in [0.4, 0.5) is 0 Å². The minimum absolute atomic E-state index is 0.113. The van der Waals surface area contributed by atoms with Gasteiger partial charge in [0.05, 0.1) is 23.0 Å². The summed E-state index contributed by atoms with van der Waals surface area (Å²) in [6, 6.07) is 6.32. The Morgan fingerprint density at radius 3 is 2.90 bits per heavy atom. The zero-order valence-electron chi connectivity index (χ0n) is 15.5. The molecule has 1 saturated heterocycles. The number of amides is 1. The van der Waals surface area contributed by atoms with Gasteiger partial charge in [0, 0.05) is 30.0 Å². The van der Waals surface area contributed by atoms with E-state index in [1.54, 1.807) is 29.4 Å². The largest absolute Gasteiger partial charge is 0.356 e. The maximum atomic E-state index is 12.8. The maximum Gasteiger partial charge on any atom is 0.250 e. The molecule has 1 atom stereocenters. The van der Waals surface area contributed by atoms with Gasteiger partial charge in [-0.15, -0.1) is 11.3 Å². The van der Waals surface area contributed by atoms with Gasteiger partial charge in [0.2, 0.25) is 5.91 Å². The molecule has 154 valence electrons.